The Balaban J connectivity index is 2.06. The molecule has 0 saturated heterocycles. The lowest BCUT2D eigenvalue weighted by molar-refractivity contribution is 0.264. The highest BCUT2D eigenvalue weighted by Crippen LogP contribution is 2.34. The zero-order valence-electron chi connectivity index (χ0n) is 12.0. The predicted molar refractivity (Wildman–Crippen MR) is 88.1 cm³/mol. The van der Waals surface area contributed by atoms with E-state index in [2.05, 4.69) is 41.2 Å². The summed E-state index contributed by atoms with van der Waals surface area (Å²) in [6, 6.07) is 4.71. The topological polar surface area (TPSA) is 12.0 Å². The molecule has 0 bridgehead atoms. The summed E-state index contributed by atoms with van der Waals surface area (Å²) in [5.41, 5.74) is 2.24. The third-order valence-electron chi connectivity index (χ3n) is 4.27. The van der Waals surface area contributed by atoms with Crippen molar-refractivity contribution in [3.63, 3.8) is 0 Å². The van der Waals surface area contributed by atoms with Crippen LogP contribution < -0.4 is 5.32 Å². The van der Waals surface area contributed by atoms with E-state index in [4.69, 9.17) is 11.6 Å². The van der Waals surface area contributed by atoms with E-state index >= 15 is 0 Å². The van der Waals surface area contributed by atoms with Crippen LogP contribution in [0.1, 0.15) is 45.1 Å². The van der Waals surface area contributed by atoms with Crippen molar-refractivity contribution in [2.24, 2.45) is 11.8 Å². The molecule has 0 heterocycles. The van der Waals surface area contributed by atoms with Crippen molar-refractivity contribution in [3.05, 3.63) is 27.2 Å². The minimum Gasteiger partial charge on any atom is -0.381 e. The molecule has 0 amide bonds. The third-order valence-corrected chi connectivity index (χ3v) is 5.33. The van der Waals surface area contributed by atoms with E-state index in [1.807, 2.05) is 13.0 Å². The molecule has 3 heteroatoms. The van der Waals surface area contributed by atoms with Crippen molar-refractivity contribution in [1.29, 1.82) is 0 Å². The Morgan fingerprint density at radius 1 is 1.32 bits per heavy atom. The van der Waals surface area contributed by atoms with Gasteiger partial charge in [-0.2, -0.15) is 0 Å². The van der Waals surface area contributed by atoms with Gasteiger partial charge in [0.2, 0.25) is 0 Å². The number of anilines is 1. The smallest absolute Gasteiger partial charge is 0.0501 e. The molecule has 1 nitrogen and oxygen atoms in total. The fourth-order valence-electron chi connectivity index (χ4n) is 2.94. The summed E-state index contributed by atoms with van der Waals surface area (Å²) in [5.74, 6) is 1.64. The average Bonchev–Trinajstić information content (AvgIpc) is 2.36. The monoisotopic (exact) mass is 343 g/mol. The Kier molecular flexibility index (Phi) is 5.19. The highest BCUT2D eigenvalue weighted by molar-refractivity contribution is 9.10. The summed E-state index contributed by atoms with van der Waals surface area (Å²) in [4.78, 5) is 0. The standard InChI is InChI=1S/C16H23BrClN/c1-10(2)12-5-4-6-13(8-12)19-16-9-15(18)11(3)7-14(16)17/h7,9-10,12-13,19H,4-6,8H2,1-3H3. The third kappa shape index (κ3) is 3.88. The second kappa shape index (κ2) is 6.49. The molecule has 0 aliphatic heterocycles. The van der Waals surface area contributed by atoms with Gasteiger partial charge in [-0.15, -0.1) is 0 Å². The summed E-state index contributed by atoms with van der Waals surface area (Å²) < 4.78 is 1.11. The first kappa shape index (κ1) is 15.2. The van der Waals surface area contributed by atoms with Crippen LogP contribution in [-0.4, -0.2) is 6.04 Å². The van der Waals surface area contributed by atoms with Gasteiger partial charge in [-0.25, -0.2) is 0 Å². The van der Waals surface area contributed by atoms with Crippen molar-refractivity contribution >= 4 is 33.2 Å². The number of benzene rings is 1. The normalized spacial score (nSPS) is 23.7. The molecule has 1 aromatic rings. The van der Waals surface area contributed by atoms with E-state index in [1.165, 1.54) is 25.7 Å². The van der Waals surface area contributed by atoms with Gasteiger partial charge >= 0.3 is 0 Å². The maximum absolute atomic E-state index is 6.22. The molecule has 0 aromatic heterocycles. The van der Waals surface area contributed by atoms with Crippen molar-refractivity contribution in [3.8, 4) is 0 Å². The van der Waals surface area contributed by atoms with E-state index in [0.29, 0.717) is 6.04 Å². The molecule has 1 fully saturated rings. The van der Waals surface area contributed by atoms with Crippen LogP contribution in [0.15, 0.2) is 16.6 Å². The van der Waals surface area contributed by atoms with Crippen LogP contribution in [0.5, 0.6) is 0 Å². The number of rotatable bonds is 3. The van der Waals surface area contributed by atoms with Gasteiger partial charge in [0.1, 0.15) is 0 Å². The van der Waals surface area contributed by atoms with Gasteiger partial charge < -0.3 is 5.32 Å². The Bertz CT molecular complexity index is 445. The maximum Gasteiger partial charge on any atom is 0.0501 e. The van der Waals surface area contributed by atoms with E-state index in [9.17, 15) is 0 Å². The first-order chi connectivity index (χ1) is 8.97. The molecule has 1 N–H and O–H groups in total. The van der Waals surface area contributed by atoms with Crippen LogP contribution in [0.3, 0.4) is 0 Å². The lowest BCUT2D eigenvalue weighted by Crippen LogP contribution is -2.29. The largest absolute Gasteiger partial charge is 0.381 e. The molecule has 1 aliphatic carbocycles. The maximum atomic E-state index is 6.22. The predicted octanol–water partition coefficient (Wildman–Crippen LogP) is 6.04. The summed E-state index contributed by atoms with van der Waals surface area (Å²) >= 11 is 9.85. The van der Waals surface area contributed by atoms with Crippen molar-refractivity contribution < 1.29 is 0 Å². The lowest BCUT2D eigenvalue weighted by Gasteiger charge is -2.33. The van der Waals surface area contributed by atoms with Crippen LogP contribution in [0.2, 0.25) is 5.02 Å². The van der Waals surface area contributed by atoms with Gasteiger partial charge in [0.15, 0.2) is 0 Å². The minimum atomic E-state index is 0.580. The molecule has 2 rings (SSSR count). The number of hydrogen-bond acceptors (Lipinski definition) is 1. The zero-order chi connectivity index (χ0) is 14.0. The summed E-state index contributed by atoms with van der Waals surface area (Å²) in [6.45, 7) is 6.71. The zero-order valence-corrected chi connectivity index (χ0v) is 14.3. The molecule has 1 saturated carbocycles. The number of nitrogens with one attached hydrogen (secondary N) is 1. The minimum absolute atomic E-state index is 0.580. The summed E-state index contributed by atoms with van der Waals surface area (Å²) in [6.07, 6.45) is 5.25. The second-order valence-corrected chi connectivity index (χ2v) is 7.35. The lowest BCUT2D eigenvalue weighted by atomic mass is 9.79. The van der Waals surface area contributed by atoms with Crippen molar-refractivity contribution in [2.45, 2.75) is 52.5 Å². The van der Waals surface area contributed by atoms with Crippen LogP contribution in [0.25, 0.3) is 0 Å². The van der Waals surface area contributed by atoms with E-state index in [0.717, 1.165) is 32.6 Å². The van der Waals surface area contributed by atoms with Crippen LogP contribution in [0, 0.1) is 18.8 Å². The SMILES string of the molecule is Cc1cc(Br)c(NC2CCCC(C(C)C)C2)cc1Cl. The first-order valence-corrected chi connectivity index (χ1v) is 8.36. The van der Waals surface area contributed by atoms with Crippen molar-refractivity contribution in [1.82, 2.24) is 0 Å². The molecule has 1 aromatic carbocycles. The molecular formula is C16H23BrClN. The Morgan fingerprint density at radius 3 is 2.74 bits per heavy atom. The molecule has 106 valence electrons. The quantitative estimate of drug-likeness (QED) is 0.705. The van der Waals surface area contributed by atoms with Crippen LogP contribution in [0.4, 0.5) is 5.69 Å². The molecule has 19 heavy (non-hydrogen) atoms. The van der Waals surface area contributed by atoms with Gasteiger partial charge in [-0.05, 0) is 65.2 Å². The summed E-state index contributed by atoms with van der Waals surface area (Å²) in [7, 11) is 0. The van der Waals surface area contributed by atoms with Gasteiger partial charge in [0, 0.05) is 15.5 Å². The molecule has 1 aliphatic rings. The first-order valence-electron chi connectivity index (χ1n) is 7.19. The summed E-state index contributed by atoms with van der Waals surface area (Å²) in [5, 5.41) is 4.51. The average molecular weight is 345 g/mol. The van der Waals surface area contributed by atoms with Crippen LogP contribution in [-0.2, 0) is 0 Å². The molecule has 2 unspecified atom stereocenters. The van der Waals surface area contributed by atoms with Crippen LogP contribution >= 0.6 is 27.5 Å². The van der Waals surface area contributed by atoms with Gasteiger partial charge in [0.25, 0.3) is 0 Å². The molecule has 0 spiro atoms. The van der Waals surface area contributed by atoms with E-state index in [1.54, 1.807) is 0 Å². The Labute approximate surface area is 130 Å². The number of hydrogen-bond donors (Lipinski definition) is 1. The van der Waals surface area contributed by atoms with Crippen molar-refractivity contribution in [2.75, 3.05) is 5.32 Å². The second-order valence-electron chi connectivity index (χ2n) is 6.09. The molecule has 2 atom stereocenters. The number of halogens is 2. The molecular weight excluding hydrogens is 322 g/mol. The van der Waals surface area contributed by atoms with E-state index < -0.39 is 0 Å². The Hall–Kier alpha value is -0.210. The van der Waals surface area contributed by atoms with Gasteiger partial charge in [-0.3, -0.25) is 0 Å². The fourth-order valence-corrected chi connectivity index (χ4v) is 3.68. The van der Waals surface area contributed by atoms with E-state index in [-0.39, 0.29) is 0 Å². The highest BCUT2D eigenvalue weighted by Gasteiger charge is 2.24. The highest BCUT2D eigenvalue weighted by atomic mass is 79.9. The Morgan fingerprint density at radius 2 is 2.05 bits per heavy atom. The van der Waals surface area contributed by atoms with Gasteiger partial charge in [0.05, 0.1) is 5.69 Å². The van der Waals surface area contributed by atoms with Gasteiger partial charge in [-0.1, -0.05) is 38.3 Å². The number of aryl methyl sites for hydroxylation is 1. The fraction of sp³-hybridized carbons (Fsp3) is 0.625. The molecule has 0 radical (unpaired) electrons.